The summed E-state index contributed by atoms with van der Waals surface area (Å²) in [6.07, 6.45) is 0.661. The zero-order valence-corrected chi connectivity index (χ0v) is 23.7. The van der Waals surface area contributed by atoms with Crippen molar-refractivity contribution in [2.24, 2.45) is 5.92 Å². The first kappa shape index (κ1) is 29.3. The smallest absolute Gasteiger partial charge is 0.256 e. The van der Waals surface area contributed by atoms with Gasteiger partial charge >= 0.3 is 0 Å². The van der Waals surface area contributed by atoms with Crippen molar-refractivity contribution in [2.45, 2.75) is 37.3 Å². The van der Waals surface area contributed by atoms with Crippen LogP contribution in [0.4, 0.5) is 14.5 Å². The number of aromatic nitrogens is 2. The average Bonchev–Trinajstić information content (AvgIpc) is 3.29. The molecule has 0 aliphatic carbocycles. The van der Waals surface area contributed by atoms with Crippen molar-refractivity contribution in [2.75, 3.05) is 45.4 Å². The fourth-order valence-electron chi connectivity index (χ4n) is 4.85. The fraction of sp³-hybridized carbons (Fsp3) is 0.429. The van der Waals surface area contributed by atoms with Crippen LogP contribution in [0.15, 0.2) is 41.6 Å². The highest BCUT2D eigenvalue weighted by molar-refractivity contribution is 7.90. The van der Waals surface area contributed by atoms with Gasteiger partial charge in [-0.1, -0.05) is 18.8 Å². The number of hydrogen-bond donors (Lipinski definition) is 2. The number of likely N-dealkylation sites (tertiary alicyclic amines) is 1. The van der Waals surface area contributed by atoms with Gasteiger partial charge in [0.15, 0.2) is 9.84 Å². The van der Waals surface area contributed by atoms with Crippen LogP contribution in [0.1, 0.15) is 29.3 Å². The standard InChI is InChI=1S/C28H33F2N5O4S/c1-18-15-34(2)11-9-22(18)33-28(36)21-12-19(13-24-27(21)32-17-35(24)16-26(29)30)6-5-10-31-23-8-7-20(40(4,37)38)14-25(23)39-3/h7-8,12-14,17-18,22,26,31H,9-11,15-16H2,1-4H3,(H,33,36)/t18-,22-/m0/s1. The van der Waals surface area contributed by atoms with Gasteiger partial charge in [0, 0.05) is 30.5 Å². The summed E-state index contributed by atoms with van der Waals surface area (Å²) in [5.41, 5.74) is 2.07. The van der Waals surface area contributed by atoms with E-state index in [4.69, 9.17) is 4.74 Å². The number of fused-ring (bicyclic) bond motifs is 1. The number of methoxy groups -OCH3 is 1. The van der Waals surface area contributed by atoms with Crippen LogP contribution < -0.4 is 15.4 Å². The van der Waals surface area contributed by atoms with E-state index in [0.717, 1.165) is 25.8 Å². The van der Waals surface area contributed by atoms with E-state index < -0.39 is 22.8 Å². The lowest BCUT2D eigenvalue weighted by Gasteiger charge is -2.35. The third kappa shape index (κ3) is 6.89. The summed E-state index contributed by atoms with van der Waals surface area (Å²) in [6.45, 7) is 3.45. The molecule has 3 aromatic rings. The molecule has 0 radical (unpaired) electrons. The molecule has 0 saturated carbocycles. The maximum Gasteiger partial charge on any atom is 0.256 e. The Morgan fingerprint density at radius 1 is 1.27 bits per heavy atom. The molecule has 1 aromatic heterocycles. The van der Waals surface area contributed by atoms with Gasteiger partial charge in [-0.3, -0.25) is 4.79 Å². The molecule has 2 heterocycles. The quantitative estimate of drug-likeness (QED) is 0.399. The highest BCUT2D eigenvalue weighted by atomic mass is 32.2. The summed E-state index contributed by atoms with van der Waals surface area (Å²) in [5.74, 6) is 6.27. The number of alkyl halides is 2. The molecule has 1 saturated heterocycles. The van der Waals surface area contributed by atoms with Gasteiger partial charge in [-0.25, -0.2) is 22.2 Å². The molecular weight excluding hydrogens is 540 g/mol. The predicted octanol–water partition coefficient (Wildman–Crippen LogP) is 3.25. The normalized spacial score (nSPS) is 17.9. The summed E-state index contributed by atoms with van der Waals surface area (Å²) < 4.78 is 56.7. The number of imidazole rings is 1. The molecule has 0 bridgehead atoms. The van der Waals surface area contributed by atoms with Crippen molar-refractivity contribution >= 4 is 32.5 Å². The van der Waals surface area contributed by atoms with E-state index in [9.17, 15) is 22.0 Å². The maximum absolute atomic E-state index is 13.4. The van der Waals surface area contributed by atoms with E-state index >= 15 is 0 Å². The second-order valence-electron chi connectivity index (χ2n) is 10.1. The van der Waals surface area contributed by atoms with Gasteiger partial charge in [0.25, 0.3) is 12.3 Å². The van der Waals surface area contributed by atoms with E-state index in [1.807, 2.05) is 7.05 Å². The highest BCUT2D eigenvalue weighted by Gasteiger charge is 2.27. The third-order valence-corrected chi connectivity index (χ3v) is 8.04. The van der Waals surface area contributed by atoms with E-state index in [2.05, 4.69) is 39.3 Å². The van der Waals surface area contributed by atoms with Crippen LogP contribution in [0.25, 0.3) is 11.0 Å². The average molecular weight is 574 g/mol. The number of carbonyl (C=O) groups is 1. The number of carbonyl (C=O) groups excluding carboxylic acids is 1. The zero-order valence-electron chi connectivity index (χ0n) is 22.9. The first-order chi connectivity index (χ1) is 19.0. The van der Waals surface area contributed by atoms with Crippen molar-refractivity contribution < 1.29 is 26.7 Å². The second kappa shape index (κ2) is 12.2. The van der Waals surface area contributed by atoms with Gasteiger partial charge in [-0.2, -0.15) is 0 Å². The summed E-state index contributed by atoms with van der Waals surface area (Å²) in [4.78, 5) is 20.0. The van der Waals surface area contributed by atoms with E-state index in [-0.39, 0.29) is 34.9 Å². The molecule has 1 amide bonds. The Labute approximate surface area is 232 Å². The Morgan fingerprint density at radius 2 is 2.05 bits per heavy atom. The number of benzene rings is 2. The first-order valence-electron chi connectivity index (χ1n) is 12.8. The lowest BCUT2D eigenvalue weighted by molar-refractivity contribution is 0.0885. The Morgan fingerprint density at radius 3 is 2.73 bits per heavy atom. The number of anilines is 1. The topological polar surface area (TPSA) is 106 Å². The van der Waals surface area contributed by atoms with Gasteiger partial charge < -0.3 is 24.8 Å². The van der Waals surface area contributed by atoms with Crippen LogP contribution in [0.3, 0.4) is 0 Å². The van der Waals surface area contributed by atoms with Crippen LogP contribution in [0.2, 0.25) is 0 Å². The lowest BCUT2D eigenvalue weighted by Crippen LogP contribution is -2.48. The Kier molecular flexibility index (Phi) is 8.95. The third-order valence-electron chi connectivity index (χ3n) is 6.93. The van der Waals surface area contributed by atoms with E-state index in [0.29, 0.717) is 28.0 Å². The molecule has 1 aliphatic rings. The van der Waals surface area contributed by atoms with Crippen molar-refractivity contribution in [3.8, 4) is 17.6 Å². The monoisotopic (exact) mass is 573 g/mol. The lowest BCUT2D eigenvalue weighted by atomic mass is 9.93. The minimum absolute atomic E-state index is 0.00935. The Balaban J connectivity index is 1.59. The van der Waals surface area contributed by atoms with Crippen LogP contribution in [0, 0.1) is 17.8 Å². The molecular formula is C28H33F2N5O4S. The van der Waals surface area contributed by atoms with Gasteiger partial charge in [-0.05, 0) is 50.2 Å². The molecule has 214 valence electrons. The highest BCUT2D eigenvalue weighted by Crippen LogP contribution is 2.27. The largest absolute Gasteiger partial charge is 0.495 e. The van der Waals surface area contributed by atoms with Gasteiger partial charge in [0.1, 0.15) is 11.3 Å². The second-order valence-corrected chi connectivity index (χ2v) is 12.1. The van der Waals surface area contributed by atoms with Crippen LogP contribution in [0.5, 0.6) is 5.75 Å². The number of sulfone groups is 1. The molecule has 40 heavy (non-hydrogen) atoms. The van der Waals surface area contributed by atoms with Crippen LogP contribution >= 0.6 is 0 Å². The number of halogens is 2. The van der Waals surface area contributed by atoms with Gasteiger partial charge in [0.05, 0.1) is 48.2 Å². The minimum Gasteiger partial charge on any atom is -0.495 e. The van der Waals surface area contributed by atoms with Crippen LogP contribution in [-0.2, 0) is 16.4 Å². The minimum atomic E-state index is -3.39. The number of hydrogen-bond acceptors (Lipinski definition) is 7. The Hall–Kier alpha value is -3.69. The van der Waals surface area contributed by atoms with Crippen molar-refractivity contribution in [3.63, 3.8) is 0 Å². The molecule has 0 spiro atoms. The number of piperidine rings is 1. The Bertz CT molecular complexity index is 1560. The van der Waals surface area contributed by atoms with Crippen LogP contribution in [-0.4, -0.2) is 81.3 Å². The predicted molar refractivity (Wildman–Crippen MR) is 150 cm³/mol. The summed E-state index contributed by atoms with van der Waals surface area (Å²) >= 11 is 0. The van der Waals surface area contributed by atoms with Crippen molar-refractivity contribution in [1.29, 1.82) is 0 Å². The van der Waals surface area contributed by atoms with E-state index in [1.165, 1.54) is 30.1 Å². The summed E-state index contributed by atoms with van der Waals surface area (Å²) in [6, 6.07) is 7.77. The molecule has 2 atom stereocenters. The summed E-state index contributed by atoms with van der Waals surface area (Å²) in [5, 5.41) is 6.20. The number of ether oxygens (including phenoxy) is 1. The SMILES string of the molecule is COc1cc(S(C)(=O)=O)ccc1NCC#Cc1cc(C(=O)N[C@H]2CCN(C)C[C@@H]2C)c2ncn(CC(F)F)c2c1. The zero-order chi connectivity index (χ0) is 29.0. The number of rotatable bonds is 8. The molecule has 9 nitrogen and oxygen atoms in total. The number of nitrogens with one attached hydrogen (secondary N) is 2. The number of amides is 1. The molecule has 1 fully saturated rings. The molecule has 2 aromatic carbocycles. The molecule has 0 unspecified atom stereocenters. The van der Waals surface area contributed by atoms with Gasteiger partial charge in [-0.15, -0.1) is 0 Å². The van der Waals surface area contributed by atoms with E-state index in [1.54, 1.807) is 18.2 Å². The molecule has 12 heteroatoms. The van der Waals surface area contributed by atoms with Crippen molar-refractivity contribution in [3.05, 3.63) is 47.8 Å². The molecule has 2 N–H and O–H groups in total. The fourth-order valence-corrected chi connectivity index (χ4v) is 5.49. The summed E-state index contributed by atoms with van der Waals surface area (Å²) in [7, 11) is 0.0978. The number of nitrogens with zero attached hydrogens (tertiary/aromatic N) is 3. The molecule has 4 rings (SSSR count). The molecule has 1 aliphatic heterocycles. The first-order valence-corrected chi connectivity index (χ1v) is 14.7. The van der Waals surface area contributed by atoms with Crippen molar-refractivity contribution in [1.82, 2.24) is 19.8 Å². The van der Waals surface area contributed by atoms with Gasteiger partial charge in [0.2, 0.25) is 0 Å². The maximum atomic E-state index is 13.4.